The molecule has 7 heteroatoms. The van der Waals surface area contributed by atoms with Crippen molar-refractivity contribution in [2.24, 2.45) is 5.10 Å². The molecule has 0 bridgehead atoms. The number of nitrogens with zero attached hydrogens (tertiary/aromatic N) is 2. The molecule has 134 valence electrons. The Balaban J connectivity index is 1.92. The third-order valence-electron chi connectivity index (χ3n) is 3.32. The van der Waals surface area contributed by atoms with Crippen molar-refractivity contribution in [3.8, 4) is 11.5 Å². The molecule has 0 aliphatic carbocycles. The predicted octanol–water partition coefficient (Wildman–Crippen LogP) is 3.33. The highest BCUT2D eigenvalue weighted by Gasteiger charge is 2.07. The van der Waals surface area contributed by atoms with Crippen molar-refractivity contribution in [1.29, 1.82) is 0 Å². The average Bonchev–Trinajstić information content (AvgIpc) is 3.00. The highest BCUT2D eigenvalue weighted by atomic mass is 32.1. The number of thiazole rings is 1. The van der Waals surface area contributed by atoms with Crippen LogP contribution in [0.2, 0.25) is 0 Å². The number of aromatic nitrogens is 1. The van der Waals surface area contributed by atoms with Crippen molar-refractivity contribution in [2.45, 2.75) is 33.1 Å². The van der Waals surface area contributed by atoms with Crippen LogP contribution >= 0.6 is 11.3 Å². The molecule has 0 aliphatic heterocycles. The second-order valence-corrected chi connectivity index (χ2v) is 6.41. The van der Waals surface area contributed by atoms with E-state index in [0.717, 1.165) is 29.1 Å². The molecule has 1 amide bonds. The first kappa shape index (κ1) is 18.9. The Morgan fingerprint density at radius 2 is 2.24 bits per heavy atom. The summed E-state index contributed by atoms with van der Waals surface area (Å²) in [5.74, 6) is 1.15. The zero-order valence-corrected chi connectivity index (χ0v) is 15.6. The Kier molecular flexibility index (Phi) is 7.40. The lowest BCUT2D eigenvalue weighted by Crippen LogP contribution is -2.19. The number of hydrogen-bond donors (Lipinski definition) is 1. The van der Waals surface area contributed by atoms with Crippen LogP contribution in [0, 0.1) is 6.92 Å². The van der Waals surface area contributed by atoms with Crippen LogP contribution in [-0.4, -0.2) is 30.8 Å². The van der Waals surface area contributed by atoms with Gasteiger partial charge in [0.25, 0.3) is 0 Å². The van der Waals surface area contributed by atoms with Crippen molar-refractivity contribution >= 4 is 23.5 Å². The number of hydrazone groups is 1. The summed E-state index contributed by atoms with van der Waals surface area (Å²) in [5, 5.41) is 6.69. The molecule has 0 spiro atoms. The summed E-state index contributed by atoms with van der Waals surface area (Å²) in [6, 6.07) is 5.52. The number of unbranched alkanes of at least 4 members (excludes halogenated alkanes) is 1. The van der Waals surface area contributed by atoms with Gasteiger partial charge in [0.15, 0.2) is 11.5 Å². The van der Waals surface area contributed by atoms with E-state index in [9.17, 15) is 4.79 Å². The fourth-order valence-electron chi connectivity index (χ4n) is 2.05. The van der Waals surface area contributed by atoms with Gasteiger partial charge in [-0.05, 0) is 37.1 Å². The number of amides is 1. The van der Waals surface area contributed by atoms with Crippen LogP contribution in [0.5, 0.6) is 11.5 Å². The van der Waals surface area contributed by atoms with Crippen molar-refractivity contribution in [3.05, 3.63) is 39.8 Å². The lowest BCUT2D eigenvalue weighted by Gasteiger charge is -2.10. The van der Waals surface area contributed by atoms with Gasteiger partial charge in [-0.3, -0.25) is 4.79 Å². The van der Waals surface area contributed by atoms with Gasteiger partial charge in [0.2, 0.25) is 5.91 Å². The third kappa shape index (κ3) is 6.19. The molecule has 6 nitrogen and oxygen atoms in total. The summed E-state index contributed by atoms with van der Waals surface area (Å²) in [7, 11) is 1.61. The van der Waals surface area contributed by atoms with E-state index in [4.69, 9.17) is 9.47 Å². The first-order valence-corrected chi connectivity index (χ1v) is 9.04. The smallest absolute Gasteiger partial charge is 0.246 e. The fourth-order valence-corrected chi connectivity index (χ4v) is 2.82. The van der Waals surface area contributed by atoms with E-state index in [1.807, 2.05) is 30.5 Å². The van der Waals surface area contributed by atoms with Crippen molar-refractivity contribution < 1.29 is 14.3 Å². The van der Waals surface area contributed by atoms with Gasteiger partial charge in [-0.25, -0.2) is 10.4 Å². The minimum Gasteiger partial charge on any atom is -0.493 e. The Morgan fingerprint density at radius 3 is 2.92 bits per heavy atom. The van der Waals surface area contributed by atoms with E-state index >= 15 is 0 Å². The van der Waals surface area contributed by atoms with Crippen molar-refractivity contribution in [1.82, 2.24) is 10.4 Å². The summed E-state index contributed by atoms with van der Waals surface area (Å²) in [5.41, 5.74) is 4.25. The fraction of sp³-hybridized carbons (Fsp3) is 0.389. The number of aryl methyl sites for hydroxylation is 1. The van der Waals surface area contributed by atoms with E-state index in [0.29, 0.717) is 18.1 Å². The largest absolute Gasteiger partial charge is 0.493 e. The van der Waals surface area contributed by atoms with Gasteiger partial charge in [0.1, 0.15) is 5.01 Å². The number of methoxy groups -OCH3 is 1. The van der Waals surface area contributed by atoms with Crippen molar-refractivity contribution in [3.63, 3.8) is 0 Å². The molecule has 0 aliphatic rings. The molecule has 0 fully saturated rings. The Morgan fingerprint density at radius 1 is 1.40 bits per heavy atom. The summed E-state index contributed by atoms with van der Waals surface area (Å²) < 4.78 is 11.0. The molecule has 1 heterocycles. The van der Waals surface area contributed by atoms with Crippen LogP contribution in [0.1, 0.15) is 36.0 Å². The molecule has 25 heavy (non-hydrogen) atoms. The SMILES string of the molecule is CCCCOc1cc(/C=N\NC(=O)Cc2nc(C)cs2)ccc1OC. The van der Waals surface area contributed by atoms with E-state index in [1.54, 1.807) is 13.3 Å². The minimum atomic E-state index is -0.196. The molecule has 0 radical (unpaired) electrons. The lowest BCUT2D eigenvalue weighted by molar-refractivity contribution is -0.120. The monoisotopic (exact) mass is 361 g/mol. The zero-order chi connectivity index (χ0) is 18.1. The average molecular weight is 361 g/mol. The topological polar surface area (TPSA) is 72.8 Å². The second-order valence-electron chi connectivity index (χ2n) is 5.46. The van der Waals surface area contributed by atoms with E-state index < -0.39 is 0 Å². The predicted molar refractivity (Wildman–Crippen MR) is 99.7 cm³/mol. The maximum atomic E-state index is 11.9. The van der Waals surface area contributed by atoms with E-state index in [2.05, 4.69) is 22.4 Å². The number of hydrogen-bond acceptors (Lipinski definition) is 6. The quantitative estimate of drug-likeness (QED) is 0.422. The molecule has 1 aromatic carbocycles. The van der Waals surface area contributed by atoms with Gasteiger partial charge in [-0.15, -0.1) is 11.3 Å². The Hall–Kier alpha value is -2.41. The number of nitrogens with one attached hydrogen (secondary N) is 1. The van der Waals surface area contributed by atoms with Crippen LogP contribution in [0.4, 0.5) is 0 Å². The summed E-state index contributed by atoms with van der Waals surface area (Å²) in [6.45, 7) is 4.65. The van der Waals surface area contributed by atoms with Gasteiger partial charge in [0, 0.05) is 11.1 Å². The Labute approximate surface area is 151 Å². The number of ether oxygens (including phenoxy) is 2. The third-order valence-corrected chi connectivity index (χ3v) is 4.29. The highest BCUT2D eigenvalue weighted by Crippen LogP contribution is 2.27. The van der Waals surface area contributed by atoms with Gasteiger partial charge < -0.3 is 9.47 Å². The molecular formula is C18H23N3O3S. The molecule has 1 N–H and O–H groups in total. The first-order valence-electron chi connectivity index (χ1n) is 8.16. The molecule has 2 rings (SSSR count). The maximum absolute atomic E-state index is 11.9. The van der Waals surface area contributed by atoms with Crippen molar-refractivity contribution in [2.75, 3.05) is 13.7 Å². The van der Waals surface area contributed by atoms with Crippen LogP contribution < -0.4 is 14.9 Å². The van der Waals surface area contributed by atoms with Gasteiger partial charge in [-0.2, -0.15) is 5.10 Å². The molecule has 0 atom stereocenters. The number of benzene rings is 1. The summed E-state index contributed by atoms with van der Waals surface area (Å²) in [6.07, 6.45) is 3.85. The van der Waals surface area contributed by atoms with Crippen LogP contribution in [-0.2, 0) is 11.2 Å². The molecule has 2 aromatic rings. The Bertz CT molecular complexity index is 728. The van der Waals surface area contributed by atoms with Gasteiger partial charge >= 0.3 is 0 Å². The molecule has 1 aromatic heterocycles. The minimum absolute atomic E-state index is 0.196. The van der Waals surface area contributed by atoms with Gasteiger partial charge in [0.05, 0.1) is 26.4 Å². The molecular weight excluding hydrogens is 338 g/mol. The van der Waals surface area contributed by atoms with Crippen LogP contribution in [0.15, 0.2) is 28.7 Å². The van der Waals surface area contributed by atoms with Gasteiger partial charge in [-0.1, -0.05) is 13.3 Å². The summed E-state index contributed by atoms with van der Waals surface area (Å²) in [4.78, 5) is 16.1. The maximum Gasteiger partial charge on any atom is 0.246 e. The zero-order valence-electron chi connectivity index (χ0n) is 14.7. The normalized spacial score (nSPS) is 10.8. The molecule has 0 unspecified atom stereocenters. The first-order chi connectivity index (χ1) is 12.1. The van der Waals surface area contributed by atoms with Crippen LogP contribution in [0.25, 0.3) is 0 Å². The molecule has 0 saturated heterocycles. The van der Waals surface area contributed by atoms with Crippen LogP contribution in [0.3, 0.4) is 0 Å². The molecule has 0 saturated carbocycles. The highest BCUT2D eigenvalue weighted by molar-refractivity contribution is 7.09. The standard InChI is InChI=1S/C18H23N3O3S/c1-4-5-8-24-16-9-14(6-7-15(16)23-3)11-19-21-17(22)10-18-20-13(2)12-25-18/h6-7,9,11-12H,4-5,8,10H2,1-3H3,(H,21,22)/b19-11-. The number of rotatable bonds is 9. The lowest BCUT2D eigenvalue weighted by atomic mass is 10.2. The number of carbonyl (C=O) groups is 1. The summed E-state index contributed by atoms with van der Waals surface area (Å²) >= 11 is 1.47. The number of carbonyl (C=O) groups excluding carboxylic acids is 1. The van der Waals surface area contributed by atoms with E-state index in [1.165, 1.54) is 11.3 Å². The van der Waals surface area contributed by atoms with E-state index in [-0.39, 0.29) is 12.3 Å². The second kappa shape index (κ2) is 9.78.